The van der Waals surface area contributed by atoms with Crippen molar-refractivity contribution in [3.8, 4) is 11.5 Å². The lowest BCUT2D eigenvalue weighted by Gasteiger charge is -2.12. The summed E-state index contributed by atoms with van der Waals surface area (Å²) in [5, 5.41) is 3.62. The van der Waals surface area contributed by atoms with Gasteiger partial charge in [0.1, 0.15) is 11.5 Å². The largest absolute Gasteiger partial charge is 0.456 e. The first kappa shape index (κ1) is 13.5. The van der Waals surface area contributed by atoms with Gasteiger partial charge in [0.25, 0.3) is 0 Å². The molecule has 0 saturated carbocycles. The van der Waals surface area contributed by atoms with Gasteiger partial charge < -0.3 is 4.74 Å². The minimum Gasteiger partial charge on any atom is -0.456 e. The normalized spacial score (nSPS) is 10.7. The predicted octanol–water partition coefficient (Wildman–Crippen LogP) is 6.18. The summed E-state index contributed by atoms with van der Waals surface area (Å²) in [7, 11) is 0. The Bertz CT molecular complexity index is 750. The molecule has 0 aliphatic heterocycles. The smallest absolute Gasteiger partial charge is 0.135 e. The van der Waals surface area contributed by atoms with Crippen LogP contribution < -0.4 is 4.74 Å². The van der Waals surface area contributed by atoms with Gasteiger partial charge >= 0.3 is 0 Å². The van der Waals surface area contributed by atoms with Crippen LogP contribution in [0.2, 0.25) is 5.02 Å². The van der Waals surface area contributed by atoms with Crippen molar-refractivity contribution in [1.29, 1.82) is 0 Å². The Balaban J connectivity index is 2.08. The van der Waals surface area contributed by atoms with Crippen LogP contribution in [0.25, 0.3) is 10.8 Å². The third-order valence-corrected chi connectivity index (χ3v) is 4.09. The number of rotatable bonds is 3. The van der Waals surface area contributed by atoms with Crippen molar-refractivity contribution in [1.82, 2.24) is 0 Å². The van der Waals surface area contributed by atoms with E-state index in [1.54, 1.807) is 0 Å². The van der Waals surface area contributed by atoms with E-state index in [0.717, 1.165) is 27.8 Å². The first-order valence-electron chi connectivity index (χ1n) is 6.28. The monoisotopic (exact) mass is 346 g/mol. The Morgan fingerprint density at radius 2 is 1.55 bits per heavy atom. The fourth-order valence-corrected chi connectivity index (χ4v) is 3.14. The van der Waals surface area contributed by atoms with Crippen LogP contribution in [0.3, 0.4) is 0 Å². The molecular formula is C17H12BrClO. The summed E-state index contributed by atoms with van der Waals surface area (Å²) in [6, 6.07) is 19.9. The Morgan fingerprint density at radius 3 is 2.40 bits per heavy atom. The number of benzene rings is 3. The van der Waals surface area contributed by atoms with Gasteiger partial charge in [0, 0.05) is 21.3 Å². The van der Waals surface area contributed by atoms with E-state index in [2.05, 4.69) is 34.1 Å². The van der Waals surface area contributed by atoms with Crippen molar-refractivity contribution in [3.05, 3.63) is 71.2 Å². The Labute approximate surface area is 131 Å². The molecule has 1 nitrogen and oxygen atoms in total. The number of halogens is 2. The lowest BCUT2D eigenvalue weighted by atomic mass is 10.1. The standard InChI is InChI=1S/C17H12BrClO/c18-11-14-15(19)8-4-10-17(14)20-16-9-3-6-12-5-1-2-7-13(12)16/h1-10H,11H2. The van der Waals surface area contributed by atoms with E-state index >= 15 is 0 Å². The van der Waals surface area contributed by atoms with Crippen molar-refractivity contribution in [3.63, 3.8) is 0 Å². The number of fused-ring (bicyclic) bond motifs is 1. The Kier molecular flexibility index (Phi) is 3.95. The third kappa shape index (κ3) is 2.54. The Hall–Kier alpha value is -1.51. The molecule has 0 bridgehead atoms. The molecule has 0 atom stereocenters. The summed E-state index contributed by atoms with van der Waals surface area (Å²) in [5.74, 6) is 1.62. The molecule has 0 spiro atoms. The van der Waals surface area contributed by atoms with Crippen LogP contribution in [-0.4, -0.2) is 0 Å². The van der Waals surface area contributed by atoms with Gasteiger partial charge in [-0.15, -0.1) is 0 Å². The fourth-order valence-electron chi connectivity index (χ4n) is 2.17. The molecule has 0 radical (unpaired) electrons. The zero-order chi connectivity index (χ0) is 13.9. The highest BCUT2D eigenvalue weighted by atomic mass is 79.9. The van der Waals surface area contributed by atoms with Crippen LogP contribution in [0.15, 0.2) is 60.7 Å². The highest BCUT2D eigenvalue weighted by molar-refractivity contribution is 9.08. The topological polar surface area (TPSA) is 9.23 Å². The maximum atomic E-state index is 6.20. The second-order valence-corrected chi connectivity index (χ2v) is 5.40. The molecule has 3 rings (SSSR count). The van der Waals surface area contributed by atoms with Crippen LogP contribution in [0.4, 0.5) is 0 Å². The molecule has 0 unspecified atom stereocenters. The van der Waals surface area contributed by atoms with Crippen molar-refractivity contribution >= 4 is 38.3 Å². The summed E-state index contributed by atoms with van der Waals surface area (Å²) in [6.45, 7) is 0. The second kappa shape index (κ2) is 5.86. The molecule has 0 fully saturated rings. The van der Waals surface area contributed by atoms with Crippen LogP contribution in [0.1, 0.15) is 5.56 Å². The Morgan fingerprint density at radius 1 is 0.850 bits per heavy atom. The molecule has 100 valence electrons. The molecule has 0 saturated heterocycles. The molecule has 3 heteroatoms. The van der Waals surface area contributed by atoms with Gasteiger partial charge in [-0.3, -0.25) is 0 Å². The molecule has 3 aromatic rings. The van der Waals surface area contributed by atoms with Crippen molar-refractivity contribution in [2.24, 2.45) is 0 Å². The van der Waals surface area contributed by atoms with Crippen LogP contribution in [-0.2, 0) is 5.33 Å². The number of hydrogen-bond donors (Lipinski definition) is 0. The summed E-state index contributed by atoms with van der Waals surface area (Å²) in [5.41, 5.74) is 0.960. The van der Waals surface area contributed by atoms with Crippen LogP contribution >= 0.6 is 27.5 Å². The first-order chi connectivity index (χ1) is 9.79. The molecule has 3 aromatic carbocycles. The third-order valence-electron chi connectivity index (χ3n) is 3.18. The van der Waals surface area contributed by atoms with E-state index in [-0.39, 0.29) is 0 Å². The molecule has 0 amide bonds. The van der Waals surface area contributed by atoms with Gasteiger partial charge in [0.05, 0.1) is 0 Å². The minimum absolute atomic E-state index is 0.659. The second-order valence-electron chi connectivity index (χ2n) is 4.43. The van der Waals surface area contributed by atoms with Crippen LogP contribution in [0, 0.1) is 0 Å². The van der Waals surface area contributed by atoms with Gasteiger partial charge in [-0.2, -0.15) is 0 Å². The molecule has 0 aliphatic carbocycles. The van der Waals surface area contributed by atoms with E-state index in [1.807, 2.05) is 42.5 Å². The van der Waals surface area contributed by atoms with Gasteiger partial charge in [-0.1, -0.05) is 70.0 Å². The van der Waals surface area contributed by atoms with Gasteiger partial charge in [-0.05, 0) is 23.6 Å². The molecular weight excluding hydrogens is 336 g/mol. The van der Waals surface area contributed by atoms with E-state index < -0.39 is 0 Å². The van der Waals surface area contributed by atoms with Crippen molar-refractivity contribution < 1.29 is 4.74 Å². The highest BCUT2D eigenvalue weighted by Gasteiger charge is 2.09. The SMILES string of the molecule is Clc1cccc(Oc2cccc3ccccc23)c1CBr. The van der Waals surface area contributed by atoms with E-state index in [4.69, 9.17) is 16.3 Å². The average Bonchev–Trinajstić information content (AvgIpc) is 2.48. The highest BCUT2D eigenvalue weighted by Crippen LogP contribution is 2.35. The molecule has 20 heavy (non-hydrogen) atoms. The quantitative estimate of drug-likeness (QED) is 0.514. The molecule has 0 N–H and O–H groups in total. The number of alkyl halides is 1. The summed E-state index contributed by atoms with van der Waals surface area (Å²) in [4.78, 5) is 0. The van der Waals surface area contributed by atoms with Crippen molar-refractivity contribution in [2.45, 2.75) is 5.33 Å². The zero-order valence-corrected chi connectivity index (χ0v) is 13.0. The van der Waals surface area contributed by atoms with Gasteiger partial charge in [0.2, 0.25) is 0 Å². The number of hydrogen-bond acceptors (Lipinski definition) is 1. The minimum atomic E-state index is 0.659. The maximum absolute atomic E-state index is 6.20. The number of ether oxygens (including phenoxy) is 1. The van der Waals surface area contributed by atoms with Crippen molar-refractivity contribution in [2.75, 3.05) is 0 Å². The lowest BCUT2D eigenvalue weighted by molar-refractivity contribution is 0.484. The van der Waals surface area contributed by atoms with Gasteiger partial charge in [0.15, 0.2) is 0 Å². The lowest BCUT2D eigenvalue weighted by Crippen LogP contribution is -1.91. The molecule has 0 aromatic heterocycles. The zero-order valence-electron chi connectivity index (χ0n) is 10.6. The molecule has 0 heterocycles. The average molecular weight is 348 g/mol. The van der Waals surface area contributed by atoms with E-state index in [0.29, 0.717) is 10.4 Å². The summed E-state index contributed by atoms with van der Waals surface area (Å²) < 4.78 is 6.08. The van der Waals surface area contributed by atoms with Gasteiger partial charge in [-0.25, -0.2) is 0 Å². The van der Waals surface area contributed by atoms with E-state index in [1.165, 1.54) is 0 Å². The summed E-state index contributed by atoms with van der Waals surface area (Å²) >= 11 is 9.66. The first-order valence-corrected chi connectivity index (χ1v) is 7.78. The van der Waals surface area contributed by atoms with Crippen LogP contribution in [0.5, 0.6) is 11.5 Å². The maximum Gasteiger partial charge on any atom is 0.135 e. The predicted molar refractivity (Wildman–Crippen MR) is 88.1 cm³/mol. The fraction of sp³-hybridized carbons (Fsp3) is 0.0588. The molecule has 0 aliphatic rings. The summed E-state index contributed by atoms with van der Waals surface area (Å²) in [6.07, 6.45) is 0. The van der Waals surface area contributed by atoms with E-state index in [9.17, 15) is 0 Å².